The largest absolute Gasteiger partial charge is 0.492 e. The van der Waals surface area contributed by atoms with Gasteiger partial charge in [-0.3, -0.25) is 4.99 Å². The van der Waals surface area contributed by atoms with E-state index in [4.69, 9.17) is 30.8 Å². The Morgan fingerprint density at radius 2 is 1.96 bits per heavy atom. The third-order valence-corrected chi connectivity index (χ3v) is 4.81. The molecule has 0 saturated carbocycles. The summed E-state index contributed by atoms with van der Waals surface area (Å²) in [5.41, 5.74) is -0.223. The molecule has 1 N–H and O–H groups in total. The van der Waals surface area contributed by atoms with Gasteiger partial charge in [-0.1, -0.05) is 11.6 Å². The van der Waals surface area contributed by atoms with E-state index in [1.165, 1.54) is 0 Å². The number of rotatable bonds is 8. The van der Waals surface area contributed by atoms with Gasteiger partial charge in [-0.15, -0.1) is 24.0 Å². The number of nitrogens with one attached hydrogen (secondary N) is 1. The Kier molecular flexibility index (Phi) is 11.4. The molecule has 2 rings (SSSR count). The first-order chi connectivity index (χ1) is 12.6. The number of benzene rings is 1. The Bertz CT molecular complexity index is 566. The van der Waals surface area contributed by atoms with Crippen molar-refractivity contribution in [2.24, 2.45) is 4.99 Å². The summed E-state index contributed by atoms with van der Waals surface area (Å²) in [7, 11) is 3.77. The predicted octanol–water partition coefficient (Wildman–Crippen LogP) is 3.43. The van der Waals surface area contributed by atoms with E-state index in [-0.39, 0.29) is 29.6 Å². The van der Waals surface area contributed by atoms with E-state index in [1.807, 2.05) is 31.3 Å². The molecule has 0 unspecified atom stereocenters. The second-order valence-electron chi connectivity index (χ2n) is 6.39. The molecule has 8 heteroatoms. The van der Waals surface area contributed by atoms with Gasteiger partial charge in [-0.2, -0.15) is 0 Å². The molecule has 1 aromatic rings. The molecule has 1 aliphatic heterocycles. The molecule has 6 nitrogen and oxygen atoms in total. The fourth-order valence-corrected chi connectivity index (χ4v) is 2.92. The summed E-state index contributed by atoms with van der Waals surface area (Å²) >= 11 is 5.89. The number of methoxy groups -OCH3 is 1. The molecule has 0 amide bonds. The summed E-state index contributed by atoms with van der Waals surface area (Å²) in [6, 6.07) is 7.39. The maximum absolute atomic E-state index is 5.89. The molecule has 0 atom stereocenters. The van der Waals surface area contributed by atoms with Crippen LogP contribution in [-0.2, 0) is 9.47 Å². The highest BCUT2D eigenvalue weighted by molar-refractivity contribution is 14.0. The smallest absolute Gasteiger partial charge is 0.193 e. The van der Waals surface area contributed by atoms with Crippen molar-refractivity contribution in [1.82, 2.24) is 10.2 Å². The average molecular weight is 512 g/mol. The van der Waals surface area contributed by atoms with Gasteiger partial charge in [-0.05, 0) is 31.2 Å². The van der Waals surface area contributed by atoms with Gasteiger partial charge in [0, 0.05) is 51.8 Å². The van der Waals surface area contributed by atoms with Crippen molar-refractivity contribution in [3.05, 3.63) is 29.3 Å². The van der Waals surface area contributed by atoms with Crippen LogP contribution in [0.1, 0.15) is 19.8 Å². The van der Waals surface area contributed by atoms with Crippen LogP contribution in [0.15, 0.2) is 29.3 Å². The van der Waals surface area contributed by atoms with Gasteiger partial charge in [0.05, 0.1) is 18.7 Å². The van der Waals surface area contributed by atoms with Crippen molar-refractivity contribution < 1.29 is 14.2 Å². The lowest BCUT2D eigenvalue weighted by Gasteiger charge is -2.35. The van der Waals surface area contributed by atoms with Gasteiger partial charge in [0.2, 0.25) is 0 Å². The monoisotopic (exact) mass is 511 g/mol. The lowest BCUT2D eigenvalue weighted by Crippen LogP contribution is -2.45. The standard InChI is InChI=1S/C19H30ClN3O3.HI/c1-4-21-18(22-15-19(24-3)9-12-25-13-10-19)23(2)11-14-26-17-7-5-16(20)6-8-17;/h5-8H,4,9-15H2,1-3H3,(H,21,22);1H. The van der Waals surface area contributed by atoms with Gasteiger partial charge < -0.3 is 24.4 Å². The zero-order chi connectivity index (χ0) is 18.8. The predicted molar refractivity (Wildman–Crippen MR) is 121 cm³/mol. The SMILES string of the molecule is CCNC(=NCC1(OC)CCOCC1)N(C)CCOc1ccc(Cl)cc1.I. The molecule has 1 fully saturated rings. The Labute approximate surface area is 184 Å². The van der Waals surface area contributed by atoms with Gasteiger partial charge in [0.15, 0.2) is 5.96 Å². The fourth-order valence-electron chi connectivity index (χ4n) is 2.80. The molecule has 0 aromatic heterocycles. The van der Waals surface area contributed by atoms with E-state index in [2.05, 4.69) is 17.1 Å². The van der Waals surface area contributed by atoms with Gasteiger partial charge in [-0.25, -0.2) is 0 Å². The number of hydrogen-bond acceptors (Lipinski definition) is 4. The van der Waals surface area contributed by atoms with Crippen LogP contribution < -0.4 is 10.1 Å². The Balaban J connectivity index is 0.00000364. The van der Waals surface area contributed by atoms with E-state index >= 15 is 0 Å². The van der Waals surface area contributed by atoms with Crippen LogP contribution in [0.2, 0.25) is 5.02 Å². The molecule has 1 aromatic carbocycles. The van der Waals surface area contributed by atoms with Crippen LogP contribution in [0.25, 0.3) is 0 Å². The van der Waals surface area contributed by atoms with Crippen LogP contribution in [0, 0.1) is 0 Å². The lowest BCUT2D eigenvalue weighted by atomic mass is 9.94. The van der Waals surface area contributed by atoms with E-state index in [1.54, 1.807) is 7.11 Å². The fraction of sp³-hybridized carbons (Fsp3) is 0.632. The highest BCUT2D eigenvalue weighted by Crippen LogP contribution is 2.24. The summed E-state index contributed by atoms with van der Waals surface area (Å²) in [6.45, 7) is 6.23. The minimum absolute atomic E-state index is 0. The highest BCUT2D eigenvalue weighted by Gasteiger charge is 2.32. The van der Waals surface area contributed by atoms with E-state index in [9.17, 15) is 0 Å². The molecule has 0 bridgehead atoms. The summed E-state index contributed by atoms with van der Waals surface area (Å²) in [5, 5.41) is 4.04. The van der Waals surface area contributed by atoms with E-state index in [0.29, 0.717) is 18.2 Å². The van der Waals surface area contributed by atoms with Gasteiger partial charge >= 0.3 is 0 Å². The molecule has 1 aliphatic rings. The zero-order valence-electron chi connectivity index (χ0n) is 16.4. The van der Waals surface area contributed by atoms with Crippen molar-refractivity contribution in [3.63, 3.8) is 0 Å². The molecular formula is C19H31ClIN3O3. The number of likely N-dealkylation sites (N-methyl/N-ethyl adjacent to an activating group) is 1. The second-order valence-corrected chi connectivity index (χ2v) is 6.83. The summed E-state index contributed by atoms with van der Waals surface area (Å²) in [4.78, 5) is 6.87. The van der Waals surface area contributed by atoms with Gasteiger partial charge in [0.1, 0.15) is 12.4 Å². The number of hydrogen-bond donors (Lipinski definition) is 1. The number of ether oxygens (including phenoxy) is 3. The quantitative estimate of drug-likeness (QED) is 0.329. The van der Waals surface area contributed by atoms with Crippen LogP contribution >= 0.6 is 35.6 Å². The minimum Gasteiger partial charge on any atom is -0.492 e. The van der Waals surface area contributed by atoms with Crippen molar-refractivity contribution in [2.75, 3.05) is 53.6 Å². The van der Waals surface area contributed by atoms with E-state index < -0.39 is 0 Å². The number of aliphatic imine (C=N–C) groups is 1. The third-order valence-electron chi connectivity index (χ3n) is 4.56. The molecule has 0 aliphatic carbocycles. The Hall–Kier alpha value is -0.770. The molecule has 154 valence electrons. The summed E-state index contributed by atoms with van der Waals surface area (Å²) in [6.07, 6.45) is 1.74. The number of guanidine groups is 1. The van der Waals surface area contributed by atoms with Crippen LogP contribution in [0.4, 0.5) is 0 Å². The first kappa shape index (κ1) is 24.3. The molecule has 1 heterocycles. The normalized spacial score (nSPS) is 16.4. The lowest BCUT2D eigenvalue weighted by molar-refractivity contribution is -0.0829. The van der Waals surface area contributed by atoms with Gasteiger partial charge in [0.25, 0.3) is 0 Å². The first-order valence-electron chi connectivity index (χ1n) is 9.09. The average Bonchev–Trinajstić information content (AvgIpc) is 2.67. The summed E-state index contributed by atoms with van der Waals surface area (Å²) in [5.74, 6) is 1.67. The molecule has 27 heavy (non-hydrogen) atoms. The van der Waals surface area contributed by atoms with Crippen LogP contribution in [0.5, 0.6) is 5.75 Å². The van der Waals surface area contributed by atoms with Crippen molar-refractivity contribution >= 4 is 41.5 Å². The molecule has 1 saturated heterocycles. The second kappa shape index (κ2) is 12.6. The Morgan fingerprint density at radius 3 is 2.56 bits per heavy atom. The maximum Gasteiger partial charge on any atom is 0.193 e. The first-order valence-corrected chi connectivity index (χ1v) is 9.47. The number of halogens is 2. The van der Waals surface area contributed by atoms with Crippen LogP contribution in [0.3, 0.4) is 0 Å². The van der Waals surface area contributed by atoms with Crippen molar-refractivity contribution in [3.8, 4) is 5.75 Å². The zero-order valence-corrected chi connectivity index (χ0v) is 19.5. The number of nitrogens with zero attached hydrogens (tertiary/aromatic N) is 2. The minimum atomic E-state index is -0.223. The molecule has 0 radical (unpaired) electrons. The Morgan fingerprint density at radius 1 is 1.30 bits per heavy atom. The summed E-state index contributed by atoms with van der Waals surface area (Å²) < 4.78 is 17.0. The van der Waals surface area contributed by atoms with Crippen molar-refractivity contribution in [1.29, 1.82) is 0 Å². The molecular weight excluding hydrogens is 481 g/mol. The third kappa shape index (κ3) is 8.01. The van der Waals surface area contributed by atoms with Crippen LogP contribution in [-0.4, -0.2) is 70.1 Å². The topological polar surface area (TPSA) is 55.3 Å². The van der Waals surface area contributed by atoms with Crippen molar-refractivity contribution in [2.45, 2.75) is 25.4 Å². The van der Waals surface area contributed by atoms with E-state index in [0.717, 1.165) is 50.9 Å². The maximum atomic E-state index is 5.89. The highest BCUT2D eigenvalue weighted by atomic mass is 127. The molecule has 0 spiro atoms.